The fraction of sp³-hybridized carbons (Fsp3) is 0.391. The number of nitrogens with zero attached hydrogens (tertiary/aromatic N) is 1. The summed E-state index contributed by atoms with van der Waals surface area (Å²) in [6, 6.07) is 11.0. The minimum Gasteiger partial charge on any atom is -0.396 e. The van der Waals surface area contributed by atoms with Crippen LogP contribution in [0.15, 0.2) is 54.4 Å². The molecule has 0 saturated heterocycles. The van der Waals surface area contributed by atoms with Gasteiger partial charge in [0.2, 0.25) is 0 Å². The average molecular weight is 402 g/mol. The Labute approximate surface area is 171 Å². The zero-order chi connectivity index (χ0) is 19.2. The minimum absolute atomic E-state index is 0.159. The molecule has 2 heterocycles. The number of halogens is 1. The van der Waals surface area contributed by atoms with Gasteiger partial charge in [-0.1, -0.05) is 42.8 Å². The van der Waals surface area contributed by atoms with Crippen LogP contribution < -0.4 is 0 Å². The molecule has 1 aliphatic heterocycles. The maximum atomic E-state index is 9.45. The molecule has 1 aromatic heterocycles. The van der Waals surface area contributed by atoms with Gasteiger partial charge in [-0.25, -0.2) is 0 Å². The van der Waals surface area contributed by atoms with Crippen LogP contribution in [0, 0.1) is 0 Å². The van der Waals surface area contributed by atoms with Gasteiger partial charge >= 0.3 is 0 Å². The summed E-state index contributed by atoms with van der Waals surface area (Å²) in [5.41, 5.74) is 3.85. The molecule has 1 aliphatic rings. The van der Waals surface area contributed by atoms with Crippen molar-refractivity contribution in [2.24, 2.45) is 0 Å². The highest BCUT2D eigenvalue weighted by molar-refractivity contribution is 7.10. The standard InChI is InChI=1S/C23H28ClNOS/c1-3-5-11-21-23-20(12-15-27-23)19(10-7-14-26)22(25(21)13-4-2)17-8-6-9-18(24)16-17/h3,6,8-10,12,15-16,21-22,26H,1,4-5,7,11,13-14H2,2H3/b19-10+/t21-,22-/m0/s1. The zero-order valence-electron chi connectivity index (χ0n) is 15.9. The third-order valence-electron chi connectivity index (χ3n) is 5.12. The van der Waals surface area contributed by atoms with Crippen molar-refractivity contribution in [1.82, 2.24) is 4.90 Å². The molecule has 0 aliphatic carbocycles. The Hall–Kier alpha value is -1.39. The third-order valence-corrected chi connectivity index (χ3v) is 6.37. The number of hydrogen-bond donors (Lipinski definition) is 1. The van der Waals surface area contributed by atoms with E-state index < -0.39 is 0 Å². The first-order valence-corrected chi connectivity index (χ1v) is 11.0. The molecule has 144 valence electrons. The van der Waals surface area contributed by atoms with Crippen molar-refractivity contribution in [3.63, 3.8) is 0 Å². The van der Waals surface area contributed by atoms with Crippen LogP contribution in [0.5, 0.6) is 0 Å². The van der Waals surface area contributed by atoms with Gasteiger partial charge in [-0.15, -0.1) is 17.9 Å². The topological polar surface area (TPSA) is 23.5 Å². The molecule has 1 aromatic carbocycles. The summed E-state index contributed by atoms with van der Waals surface area (Å²) in [5, 5.41) is 12.4. The highest BCUT2D eigenvalue weighted by Crippen LogP contribution is 2.51. The largest absolute Gasteiger partial charge is 0.396 e. The van der Waals surface area contributed by atoms with Gasteiger partial charge in [-0.05, 0) is 72.5 Å². The summed E-state index contributed by atoms with van der Waals surface area (Å²) in [6.45, 7) is 7.36. The Bertz CT molecular complexity index is 797. The lowest BCUT2D eigenvalue weighted by Gasteiger charge is -2.44. The number of thiophene rings is 1. The maximum Gasteiger partial charge on any atom is 0.0610 e. The second kappa shape index (κ2) is 9.70. The number of fused-ring (bicyclic) bond motifs is 1. The molecule has 1 N–H and O–H groups in total. The summed E-state index contributed by atoms with van der Waals surface area (Å²) in [4.78, 5) is 4.06. The fourth-order valence-electron chi connectivity index (χ4n) is 4.08. The molecule has 2 nitrogen and oxygen atoms in total. The van der Waals surface area contributed by atoms with Crippen molar-refractivity contribution >= 4 is 28.5 Å². The van der Waals surface area contributed by atoms with E-state index in [9.17, 15) is 5.11 Å². The van der Waals surface area contributed by atoms with Crippen molar-refractivity contribution in [3.05, 3.63) is 75.5 Å². The molecule has 0 fully saturated rings. The van der Waals surface area contributed by atoms with E-state index in [1.165, 1.54) is 21.6 Å². The number of aliphatic hydroxyl groups is 1. The molecular weight excluding hydrogens is 374 g/mol. The molecule has 0 amide bonds. The van der Waals surface area contributed by atoms with E-state index in [4.69, 9.17) is 11.6 Å². The van der Waals surface area contributed by atoms with Crippen LogP contribution in [-0.2, 0) is 0 Å². The number of benzene rings is 1. The third kappa shape index (κ3) is 4.38. The molecule has 2 atom stereocenters. The first-order chi connectivity index (χ1) is 13.2. The van der Waals surface area contributed by atoms with Gasteiger partial charge in [-0.2, -0.15) is 0 Å². The smallest absolute Gasteiger partial charge is 0.0610 e. The summed E-state index contributed by atoms with van der Waals surface area (Å²) in [5.74, 6) is 0. The molecule has 27 heavy (non-hydrogen) atoms. The van der Waals surface area contributed by atoms with Crippen molar-refractivity contribution in [3.8, 4) is 0 Å². The molecular formula is C23H28ClNOS. The first kappa shape index (κ1) is 20.3. The normalized spacial score (nSPS) is 21.4. The highest BCUT2D eigenvalue weighted by Gasteiger charge is 2.38. The van der Waals surface area contributed by atoms with Gasteiger partial charge in [-0.3, -0.25) is 4.90 Å². The van der Waals surface area contributed by atoms with Crippen LogP contribution >= 0.6 is 22.9 Å². The fourth-order valence-corrected chi connectivity index (χ4v) is 5.35. The Morgan fingerprint density at radius 2 is 2.15 bits per heavy atom. The van der Waals surface area contributed by atoms with Crippen LogP contribution in [0.25, 0.3) is 5.57 Å². The van der Waals surface area contributed by atoms with Crippen molar-refractivity contribution in [2.75, 3.05) is 13.2 Å². The summed E-state index contributed by atoms with van der Waals surface area (Å²) in [7, 11) is 0. The molecule has 2 aromatic rings. The Morgan fingerprint density at radius 3 is 2.85 bits per heavy atom. The minimum atomic E-state index is 0.159. The zero-order valence-corrected chi connectivity index (χ0v) is 17.5. The average Bonchev–Trinajstić information content (AvgIpc) is 3.15. The van der Waals surface area contributed by atoms with Crippen molar-refractivity contribution in [1.29, 1.82) is 0 Å². The molecule has 3 rings (SSSR count). The van der Waals surface area contributed by atoms with E-state index in [1.54, 1.807) is 0 Å². The molecule has 0 radical (unpaired) electrons. The van der Waals surface area contributed by atoms with Crippen molar-refractivity contribution < 1.29 is 5.11 Å². The van der Waals surface area contributed by atoms with Crippen LogP contribution in [0.2, 0.25) is 5.02 Å². The summed E-state index contributed by atoms with van der Waals surface area (Å²) < 4.78 is 0. The van der Waals surface area contributed by atoms with E-state index >= 15 is 0 Å². The summed E-state index contributed by atoms with van der Waals surface area (Å²) in [6.07, 6.45) is 8.06. The van der Waals surface area contributed by atoms with Gasteiger partial charge < -0.3 is 5.11 Å². The quantitative estimate of drug-likeness (QED) is 0.501. The number of hydrogen-bond acceptors (Lipinski definition) is 3. The van der Waals surface area contributed by atoms with Crippen LogP contribution in [0.1, 0.15) is 60.7 Å². The maximum absolute atomic E-state index is 9.45. The van der Waals surface area contributed by atoms with Gasteiger partial charge in [0.05, 0.1) is 6.04 Å². The molecule has 0 bridgehead atoms. The van der Waals surface area contributed by atoms with E-state index in [1.807, 2.05) is 29.5 Å². The SMILES string of the molecule is C=CCC[C@H]1c2sccc2/C(=C\CCO)[C@H](c2cccc(Cl)c2)N1CCC. The van der Waals surface area contributed by atoms with Gasteiger partial charge in [0, 0.05) is 22.5 Å². The molecule has 0 spiro atoms. The van der Waals surface area contributed by atoms with Crippen LogP contribution in [-0.4, -0.2) is 23.2 Å². The second-order valence-electron chi connectivity index (χ2n) is 6.95. The Morgan fingerprint density at radius 1 is 1.30 bits per heavy atom. The molecule has 0 unspecified atom stereocenters. The van der Waals surface area contributed by atoms with E-state index in [0.29, 0.717) is 12.5 Å². The van der Waals surface area contributed by atoms with Crippen LogP contribution in [0.4, 0.5) is 0 Å². The van der Waals surface area contributed by atoms with Gasteiger partial charge in [0.25, 0.3) is 0 Å². The van der Waals surface area contributed by atoms with E-state index in [-0.39, 0.29) is 12.6 Å². The summed E-state index contributed by atoms with van der Waals surface area (Å²) >= 11 is 8.20. The Balaban J connectivity index is 2.16. The predicted octanol–water partition coefficient (Wildman–Crippen LogP) is 6.64. The first-order valence-electron chi connectivity index (χ1n) is 9.72. The highest BCUT2D eigenvalue weighted by atomic mass is 35.5. The van der Waals surface area contributed by atoms with E-state index in [0.717, 1.165) is 30.8 Å². The molecule has 0 saturated carbocycles. The number of allylic oxidation sites excluding steroid dienone is 1. The number of rotatable bonds is 8. The van der Waals surface area contributed by atoms with Crippen LogP contribution in [0.3, 0.4) is 0 Å². The number of aliphatic hydroxyl groups excluding tert-OH is 1. The predicted molar refractivity (Wildman–Crippen MR) is 117 cm³/mol. The van der Waals surface area contributed by atoms with Gasteiger partial charge in [0.15, 0.2) is 0 Å². The lowest BCUT2D eigenvalue weighted by molar-refractivity contribution is 0.152. The lowest BCUT2D eigenvalue weighted by atomic mass is 9.83. The Kier molecular flexibility index (Phi) is 7.31. The molecule has 4 heteroatoms. The van der Waals surface area contributed by atoms with Crippen molar-refractivity contribution in [2.45, 2.75) is 44.7 Å². The van der Waals surface area contributed by atoms with E-state index in [2.05, 4.69) is 48.1 Å². The lowest BCUT2D eigenvalue weighted by Crippen LogP contribution is -2.37. The second-order valence-corrected chi connectivity index (χ2v) is 8.33. The van der Waals surface area contributed by atoms with Gasteiger partial charge in [0.1, 0.15) is 0 Å². The monoisotopic (exact) mass is 401 g/mol.